The summed E-state index contributed by atoms with van der Waals surface area (Å²) < 4.78 is 37.5. The predicted octanol–water partition coefficient (Wildman–Crippen LogP) is 4.18. The molecule has 0 bridgehead atoms. The fourth-order valence-corrected chi connectivity index (χ4v) is 2.03. The van der Waals surface area contributed by atoms with E-state index in [-0.39, 0.29) is 5.92 Å². The van der Waals surface area contributed by atoms with Crippen LogP contribution in [-0.4, -0.2) is 16.3 Å². The summed E-state index contributed by atoms with van der Waals surface area (Å²) in [6.45, 7) is 1.94. The van der Waals surface area contributed by atoms with E-state index >= 15 is 0 Å². The van der Waals surface area contributed by atoms with Crippen LogP contribution >= 0.6 is 0 Å². The van der Waals surface area contributed by atoms with Gasteiger partial charge in [0.1, 0.15) is 12.1 Å². The first-order valence-corrected chi connectivity index (χ1v) is 6.58. The molecule has 0 spiro atoms. The maximum absolute atomic E-state index is 12.5. The van der Waals surface area contributed by atoms with Gasteiger partial charge >= 0.3 is 6.18 Å². The number of rotatable bonds is 5. The summed E-state index contributed by atoms with van der Waals surface area (Å²) in [7, 11) is 0. The molecular weight excluding hydrogens is 281 g/mol. The van der Waals surface area contributed by atoms with Gasteiger partial charge in [-0.15, -0.1) is 0 Å². The number of H-pyrrole nitrogens is 1. The van der Waals surface area contributed by atoms with Crippen LogP contribution in [0.4, 0.5) is 13.2 Å². The molecule has 1 heterocycles. The number of benzene rings is 1. The van der Waals surface area contributed by atoms with Crippen molar-refractivity contribution in [3.63, 3.8) is 0 Å². The van der Waals surface area contributed by atoms with Gasteiger partial charge in [-0.25, -0.2) is 4.98 Å². The number of halogens is 3. The van der Waals surface area contributed by atoms with E-state index < -0.39 is 11.7 Å². The van der Waals surface area contributed by atoms with Gasteiger partial charge in [-0.2, -0.15) is 13.2 Å². The highest BCUT2D eigenvalue weighted by atomic mass is 19.4. The lowest BCUT2D eigenvalue weighted by Crippen LogP contribution is -2.04. The van der Waals surface area contributed by atoms with Gasteiger partial charge in [0.15, 0.2) is 0 Å². The fraction of sp³-hybridized carbons (Fsp3) is 0.333. The number of nitrogens with zero attached hydrogens (tertiary/aromatic N) is 1. The number of hydrogen-bond donors (Lipinski definition) is 1. The number of alkyl halides is 3. The number of nitrogens with one attached hydrogen (secondary N) is 1. The monoisotopic (exact) mass is 296 g/mol. The van der Waals surface area contributed by atoms with Crippen LogP contribution in [0, 0.1) is 0 Å². The average molecular weight is 296 g/mol. The molecule has 0 aliphatic carbocycles. The summed E-state index contributed by atoms with van der Waals surface area (Å²) >= 11 is 0. The number of aldehydes is 1. The average Bonchev–Trinajstić information content (AvgIpc) is 2.94. The number of hydrogen-bond acceptors (Lipinski definition) is 2. The van der Waals surface area contributed by atoms with E-state index in [1.54, 1.807) is 6.20 Å². The minimum atomic E-state index is -4.33. The molecule has 0 aliphatic heterocycles. The largest absolute Gasteiger partial charge is 0.416 e. The lowest BCUT2D eigenvalue weighted by atomic mass is 10.1. The zero-order valence-electron chi connectivity index (χ0n) is 11.4. The van der Waals surface area contributed by atoms with Crippen molar-refractivity contribution >= 4 is 6.29 Å². The third-order valence-corrected chi connectivity index (χ3v) is 3.30. The van der Waals surface area contributed by atoms with E-state index in [2.05, 4.69) is 9.97 Å². The third-order valence-electron chi connectivity index (χ3n) is 3.30. The standard InChI is InChI=1S/C15H15F3N2O/c1-10(3-2-8-21)14-19-9-13(20-14)11-4-6-12(7-5-11)15(16,17)18/h4-10H,2-3H2,1H3,(H,19,20). The Morgan fingerprint density at radius 3 is 2.52 bits per heavy atom. The lowest BCUT2D eigenvalue weighted by Gasteiger charge is -2.07. The first-order valence-electron chi connectivity index (χ1n) is 6.58. The molecular formula is C15H15F3N2O. The molecule has 2 aromatic rings. The maximum atomic E-state index is 12.5. The van der Waals surface area contributed by atoms with Crippen molar-refractivity contribution < 1.29 is 18.0 Å². The Bertz CT molecular complexity index is 602. The van der Waals surface area contributed by atoms with E-state index in [4.69, 9.17) is 0 Å². The highest BCUT2D eigenvalue weighted by Crippen LogP contribution is 2.31. The summed E-state index contributed by atoms with van der Waals surface area (Å²) in [6, 6.07) is 4.92. The second-order valence-electron chi connectivity index (χ2n) is 4.90. The molecule has 0 saturated carbocycles. The van der Waals surface area contributed by atoms with Gasteiger partial charge in [-0.05, 0) is 24.1 Å². The van der Waals surface area contributed by atoms with Crippen molar-refractivity contribution in [3.8, 4) is 11.3 Å². The van der Waals surface area contributed by atoms with E-state index in [0.717, 1.165) is 24.2 Å². The molecule has 21 heavy (non-hydrogen) atoms. The van der Waals surface area contributed by atoms with Crippen molar-refractivity contribution in [3.05, 3.63) is 41.9 Å². The minimum Gasteiger partial charge on any atom is -0.342 e. The number of carbonyl (C=O) groups excluding carboxylic acids is 1. The number of aromatic amines is 1. The van der Waals surface area contributed by atoms with Crippen LogP contribution in [-0.2, 0) is 11.0 Å². The summed E-state index contributed by atoms with van der Waals surface area (Å²) in [4.78, 5) is 17.7. The Kier molecular flexibility index (Phi) is 4.45. The van der Waals surface area contributed by atoms with Gasteiger partial charge in [0.2, 0.25) is 0 Å². The molecule has 0 saturated heterocycles. The van der Waals surface area contributed by atoms with Gasteiger partial charge in [0.05, 0.1) is 17.5 Å². The first-order chi connectivity index (χ1) is 9.91. The Labute approximate surface area is 120 Å². The van der Waals surface area contributed by atoms with Crippen molar-refractivity contribution in [2.45, 2.75) is 31.9 Å². The zero-order valence-corrected chi connectivity index (χ0v) is 11.4. The summed E-state index contributed by atoms with van der Waals surface area (Å²) in [5.74, 6) is 0.824. The quantitative estimate of drug-likeness (QED) is 0.841. The van der Waals surface area contributed by atoms with Crippen molar-refractivity contribution in [2.75, 3.05) is 0 Å². The molecule has 1 N–H and O–H groups in total. The number of carbonyl (C=O) groups is 1. The van der Waals surface area contributed by atoms with E-state index in [0.29, 0.717) is 24.1 Å². The fourth-order valence-electron chi connectivity index (χ4n) is 2.03. The van der Waals surface area contributed by atoms with Crippen LogP contribution in [0.5, 0.6) is 0 Å². The van der Waals surface area contributed by atoms with Gasteiger partial charge in [-0.3, -0.25) is 0 Å². The van der Waals surface area contributed by atoms with Crippen molar-refractivity contribution in [1.29, 1.82) is 0 Å². The minimum absolute atomic E-state index is 0.0957. The molecule has 0 radical (unpaired) electrons. The second-order valence-corrected chi connectivity index (χ2v) is 4.90. The highest BCUT2D eigenvalue weighted by Gasteiger charge is 2.30. The summed E-state index contributed by atoms with van der Waals surface area (Å²) in [5, 5.41) is 0. The predicted molar refractivity (Wildman–Crippen MR) is 72.7 cm³/mol. The zero-order chi connectivity index (χ0) is 15.5. The molecule has 1 aromatic heterocycles. The second kappa shape index (κ2) is 6.11. The van der Waals surface area contributed by atoms with Crippen molar-refractivity contribution in [2.24, 2.45) is 0 Å². The molecule has 0 fully saturated rings. The Balaban J connectivity index is 2.16. The highest BCUT2D eigenvalue weighted by molar-refractivity contribution is 5.59. The van der Waals surface area contributed by atoms with Crippen LogP contribution in [0.3, 0.4) is 0 Å². The van der Waals surface area contributed by atoms with Crippen LogP contribution in [0.25, 0.3) is 11.3 Å². The van der Waals surface area contributed by atoms with E-state index in [1.165, 1.54) is 12.1 Å². The van der Waals surface area contributed by atoms with Gasteiger partial charge in [0.25, 0.3) is 0 Å². The van der Waals surface area contributed by atoms with Gasteiger partial charge in [0, 0.05) is 12.3 Å². The third kappa shape index (κ3) is 3.71. The molecule has 1 unspecified atom stereocenters. The number of aromatic nitrogens is 2. The Hall–Kier alpha value is -2.11. The molecule has 112 valence electrons. The molecule has 2 rings (SSSR count). The molecule has 6 heteroatoms. The topological polar surface area (TPSA) is 45.8 Å². The number of imidazole rings is 1. The smallest absolute Gasteiger partial charge is 0.342 e. The van der Waals surface area contributed by atoms with E-state index in [1.807, 2.05) is 6.92 Å². The lowest BCUT2D eigenvalue weighted by molar-refractivity contribution is -0.137. The molecule has 0 aliphatic rings. The van der Waals surface area contributed by atoms with Gasteiger partial charge in [-0.1, -0.05) is 19.1 Å². The first kappa shape index (κ1) is 15.3. The van der Waals surface area contributed by atoms with E-state index in [9.17, 15) is 18.0 Å². The normalized spacial score (nSPS) is 13.1. The van der Waals surface area contributed by atoms with Crippen LogP contribution in [0.1, 0.15) is 37.1 Å². The summed E-state index contributed by atoms with van der Waals surface area (Å²) in [6.07, 6.45) is -0.743. The molecule has 0 amide bonds. The maximum Gasteiger partial charge on any atom is 0.416 e. The molecule has 1 atom stereocenters. The molecule has 1 aromatic carbocycles. The Morgan fingerprint density at radius 1 is 1.29 bits per heavy atom. The van der Waals surface area contributed by atoms with Crippen LogP contribution in [0.2, 0.25) is 0 Å². The van der Waals surface area contributed by atoms with Crippen molar-refractivity contribution in [1.82, 2.24) is 9.97 Å². The Morgan fingerprint density at radius 2 is 1.95 bits per heavy atom. The SMILES string of the molecule is CC(CCC=O)c1ncc(-c2ccc(C(F)(F)F)cc2)[nH]1. The molecule has 3 nitrogen and oxygen atoms in total. The summed E-state index contributed by atoms with van der Waals surface area (Å²) in [5.41, 5.74) is 0.631. The van der Waals surface area contributed by atoms with Crippen LogP contribution < -0.4 is 0 Å². The van der Waals surface area contributed by atoms with Crippen LogP contribution in [0.15, 0.2) is 30.5 Å². The van der Waals surface area contributed by atoms with Gasteiger partial charge < -0.3 is 9.78 Å².